The van der Waals surface area contributed by atoms with Crippen molar-refractivity contribution in [1.82, 2.24) is 4.98 Å². The van der Waals surface area contributed by atoms with Gasteiger partial charge in [0.15, 0.2) is 5.13 Å². The number of nitrogens with one attached hydrogen (secondary N) is 1. The summed E-state index contributed by atoms with van der Waals surface area (Å²) in [5, 5.41) is 3.37. The van der Waals surface area contributed by atoms with E-state index in [2.05, 4.69) is 10.3 Å². The van der Waals surface area contributed by atoms with E-state index in [1.165, 1.54) is 17.4 Å². The maximum atomic E-state index is 13.5. The van der Waals surface area contributed by atoms with Gasteiger partial charge in [0.05, 0.1) is 10.2 Å². The number of hydrogen-bond donors (Lipinski definition) is 1. The van der Waals surface area contributed by atoms with Crippen molar-refractivity contribution in [3.05, 3.63) is 59.4 Å². The number of halogens is 1. The lowest BCUT2D eigenvalue weighted by molar-refractivity contribution is -0.116. The fourth-order valence-corrected chi connectivity index (χ4v) is 3.20. The summed E-state index contributed by atoms with van der Waals surface area (Å²) in [7, 11) is 0. The Morgan fingerprint density at radius 2 is 2.09 bits per heavy atom. The number of aryl methyl sites for hydroxylation is 2. The molecule has 2 aromatic carbocycles. The number of anilines is 1. The molecule has 3 rings (SSSR count). The quantitative estimate of drug-likeness (QED) is 0.779. The lowest BCUT2D eigenvalue weighted by Crippen LogP contribution is -2.12. The second kappa shape index (κ2) is 6.23. The van der Waals surface area contributed by atoms with Gasteiger partial charge in [0.25, 0.3) is 0 Å². The minimum Gasteiger partial charge on any atom is -0.302 e. The van der Waals surface area contributed by atoms with Gasteiger partial charge in [0.1, 0.15) is 5.82 Å². The minimum absolute atomic E-state index is 0.154. The molecule has 3 nitrogen and oxygen atoms in total. The van der Waals surface area contributed by atoms with Crippen molar-refractivity contribution in [2.45, 2.75) is 19.8 Å². The zero-order valence-corrected chi connectivity index (χ0v) is 12.9. The highest BCUT2D eigenvalue weighted by atomic mass is 32.1. The molecule has 0 radical (unpaired) electrons. The molecule has 1 aromatic heterocycles. The van der Waals surface area contributed by atoms with Crippen LogP contribution >= 0.6 is 11.3 Å². The molecule has 0 aliphatic carbocycles. The number of aromatic nitrogens is 1. The molecule has 0 aliphatic rings. The molecule has 3 aromatic rings. The monoisotopic (exact) mass is 314 g/mol. The topological polar surface area (TPSA) is 42.0 Å². The zero-order chi connectivity index (χ0) is 15.5. The summed E-state index contributed by atoms with van der Waals surface area (Å²) in [5.74, 6) is -0.426. The van der Waals surface area contributed by atoms with Gasteiger partial charge in [-0.15, -0.1) is 0 Å². The third kappa shape index (κ3) is 3.31. The van der Waals surface area contributed by atoms with Crippen LogP contribution < -0.4 is 5.32 Å². The van der Waals surface area contributed by atoms with Gasteiger partial charge in [-0.2, -0.15) is 0 Å². The number of hydrogen-bond acceptors (Lipinski definition) is 3. The Morgan fingerprint density at radius 1 is 1.27 bits per heavy atom. The summed E-state index contributed by atoms with van der Waals surface area (Å²) in [6.07, 6.45) is 0.610. The fraction of sp³-hybridized carbons (Fsp3) is 0.176. The van der Waals surface area contributed by atoms with E-state index in [1.807, 2.05) is 25.1 Å². The van der Waals surface area contributed by atoms with Gasteiger partial charge in [-0.3, -0.25) is 4.79 Å². The van der Waals surface area contributed by atoms with E-state index in [1.54, 1.807) is 18.2 Å². The van der Waals surface area contributed by atoms with Crippen LogP contribution in [0.1, 0.15) is 17.5 Å². The summed E-state index contributed by atoms with van der Waals surface area (Å²) in [6.45, 7) is 2.02. The van der Waals surface area contributed by atoms with Crippen LogP contribution in [-0.4, -0.2) is 10.9 Å². The van der Waals surface area contributed by atoms with Crippen LogP contribution in [-0.2, 0) is 11.2 Å². The lowest BCUT2D eigenvalue weighted by Gasteiger charge is -2.03. The Labute approximate surface area is 131 Å². The van der Waals surface area contributed by atoms with E-state index in [-0.39, 0.29) is 18.1 Å². The van der Waals surface area contributed by atoms with Gasteiger partial charge in [0, 0.05) is 6.42 Å². The van der Waals surface area contributed by atoms with Crippen molar-refractivity contribution in [3.8, 4) is 0 Å². The molecule has 0 atom stereocenters. The highest BCUT2D eigenvalue weighted by molar-refractivity contribution is 7.22. The van der Waals surface area contributed by atoms with Crippen LogP contribution in [0.3, 0.4) is 0 Å². The normalized spacial score (nSPS) is 10.8. The maximum absolute atomic E-state index is 13.5. The van der Waals surface area contributed by atoms with Gasteiger partial charge >= 0.3 is 0 Å². The second-order valence-electron chi connectivity index (χ2n) is 5.13. The molecule has 1 heterocycles. The average molecular weight is 314 g/mol. The van der Waals surface area contributed by atoms with Crippen LogP contribution in [0.4, 0.5) is 9.52 Å². The molecule has 22 heavy (non-hydrogen) atoms. The number of rotatable bonds is 4. The Morgan fingerprint density at radius 3 is 2.91 bits per heavy atom. The van der Waals surface area contributed by atoms with Gasteiger partial charge in [-0.25, -0.2) is 9.37 Å². The van der Waals surface area contributed by atoms with E-state index in [9.17, 15) is 9.18 Å². The van der Waals surface area contributed by atoms with E-state index in [4.69, 9.17) is 0 Å². The predicted molar refractivity (Wildman–Crippen MR) is 87.7 cm³/mol. The molecule has 0 saturated carbocycles. The van der Waals surface area contributed by atoms with E-state index in [0.717, 1.165) is 15.8 Å². The molecule has 0 fully saturated rings. The van der Waals surface area contributed by atoms with Gasteiger partial charge in [0.2, 0.25) is 5.91 Å². The number of nitrogens with zero attached hydrogens (tertiary/aromatic N) is 1. The van der Waals surface area contributed by atoms with Crippen molar-refractivity contribution in [3.63, 3.8) is 0 Å². The molecule has 0 spiro atoms. The first-order chi connectivity index (χ1) is 10.6. The standard InChI is InChI=1S/C17H15FN2OS/c1-11-6-8-14-15(10-11)22-17(19-14)20-16(21)9-7-12-4-2-3-5-13(12)18/h2-6,8,10H,7,9H2,1H3,(H,19,20,21). The number of thiazole rings is 1. The molecule has 5 heteroatoms. The van der Waals surface area contributed by atoms with Crippen molar-refractivity contribution in [2.24, 2.45) is 0 Å². The first kappa shape index (κ1) is 14.7. The number of amides is 1. The average Bonchev–Trinajstić information content (AvgIpc) is 2.87. The minimum atomic E-state index is -0.272. The summed E-state index contributed by atoms with van der Waals surface area (Å²) < 4.78 is 14.5. The summed E-state index contributed by atoms with van der Waals surface area (Å²) in [6, 6.07) is 12.5. The molecular weight excluding hydrogens is 299 g/mol. The number of benzene rings is 2. The van der Waals surface area contributed by atoms with Crippen LogP contribution in [0.25, 0.3) is 10.2 Å². The van der Waals surface area contributed by atoms with Crippen LogP contribution in [0.2, 0.25) is 0 Å². The SMILES string of the molecule is Cc1ccc2nc(NC(=O)CCc3ccccc3F)sc2c1. The van der Waals surface area contributed by atoms with Crippen LogP contribution in [0.15, 0.2) is 42.5 Å². The van der Waals surface area contributed by atoms with Gasteiger partial charge in [-0.1, -0.05) is 35.6 Å². The molecule has 0 unspecified atom stereocenters. The smallest absolute Gasteiger partial charge is 0.226 e. The van der Waals surface area contributed by atoms with Gasteiger partial charge < -0.3 is 5.32 Å². The molecular formula is C17H15FN2OS. The van der Waals surface area contributed by atoms with Crippen LogP contribution in [0.5, 0.6) is 0 Å². The van der Waals surface area contributed by atoms with E-state index in [0.29, 0.717) is 17.1 Å². The molecule has 0 saturated heterocycles. The number of fused-ring (bicyclic) bond motifs is 1. The molecule has 1 amide bonds. The zero-order valence-electron chi connectivity index (χ0n) is 12.1. The molecule has 1 N–H and O–H groups in total. The molecule has 112 valence electrons. The lowest BCUT2D eigenvalue weighted by atomic mass is 10.1. The third-order valence-electron chi connectivity index (χ3n) is 3.37. The van der Waals surface area contributed by atoms with Gasteiger partial charge in [-0.05, 0) is 42.7 Å². The molecule has 0 aliphatic heterocycles. The van der Waals surface area contributed by atoms with Crippen molar-refractivity contribution in [1.29, 1.82) is 0 Å². The number of carbonyl (C=O) groups excluding carboxylic acids is 1. The molecule has 0 bridgehead atoms. The van der Waals surface area contributed by atoms with E-state index < -0.39 is 0 Å². The Balaban J connectivity index is 1.64. The summed E-state index contributed by atoms with van der Waals surface area (Å²) in [4.78, 5) is 16.4. The summed E-state index contributed by atoms with van der Waals surface area (Å²) >= 11 is 1.45. The van der Waals surface area contributed by atoms with Crippen LogP contribution in [0, 0.1) is 12.7 Å². The first-order valence-electron chi connectivity index (χ1n) is 7.02. The van der Waals surface area contributed by atoms with Crippen molar-refractivity contribution in [2.75, 3.05) is 5.32 Å². The highest BCUT2D eigenvalue weighted by Gasteiger charge is 2.09. The maximum Gasteiger partial charge on any atom is 0.226 e. The first-order valence-corrected chi connectivity index (χ1v) is 7.84. The summed E-state index contributed by atoms with van der Waals surface area (Å²) in [5.41, 5.74) is 2.59. The predicted octanol–water partition coefficient (Wildman–Crippen LogP) is 4.32. The van der Waals surface area contributed by atoms with E-state index >= 15 is 0 Å². The largest absolute Gasteiger partial charge is 0.302 e. The third-order valence-corrected chi connectivity index (χ3v) is 4.30. The Bertz CT molecular complexity index is 828. The second-order valence-corrected chi connectivity index (χ2v) is 6.16. The fourth-order valence-electron chi connectivity index (χ4n) is 2.22. The van der Waals surface area contributed by atoms with Crippen molar-refractivity contribution < 1.29 is 9.18 Å². The Kier molecular flexibility index (Phi) is 4.15. The highest BCUT2D eigenvalue weighted by Crippen LogP contribution is 2.26. The Hall–Kier alpha value is -2.27. The van der Waals surface area contributed by atoms with Crippen molar-refractivity contribution >= 4 is 32.6 Å². The number of carbonyl (C=O) groups is 1.